The molecule has 2 saturated heterocycles. The number of nitrogens with zero attached hydrogens (tertiary/aromatic N) is 9. The van der Waals surface area contributed by atoms with Crippen molar-refractivity contribution < 1.29 is 97.4 Å². The number of nitrogens with one attached hydrogen (secondary N) is 3. The van der Waals surface area contributed by atoms with Gasteiger partial charge >= 0.3 is 12.4 Å². The maximum absolute atomic E-state index is 15.6. The molecule has 0 unspecified atom stereocenters. The van der Waals surface area contributed by atoms with Crippen molar-refractivity contribution in [3.05, 3.63) is 105 Å². The van der Waals surface area contributed by atoms with E-state index in [0.29, 0.717) is 55.5 Å². The average Bonchev–Trinajstić information content (AvgIpc) is 1.58. The fourth-order valence-electron chi connectivity index (χ4n) is 15.2. The highest BCUT2D eigenvalue weighted by Gasteiger charge is 2.54. The number of thiophene rings is 1. The van der Waals surface area contributed by atoms with Gasteiger partial charge in [0.2, 0.25) is 70.9 Å². The Morgan fingerprint density at radius 1 is 0.682 bits per heavy atom. The van der Waals surface area contributed by atoms with Gasteiger partial charge in [0.25, 0.3) is 0 Å². The summed E-state index contributed by atoms with van der Waals surface area (Å²) in [5.41, 5.74) is -5.26. The van der Waals surface area contributed by atoms with Crippen molar-refractivity contribution >= 4 is 82.2 Å². The number of likely N-dealkylation sites (N-methyl/N-ethyl adjacent to an activating group) is 7. The molecule has 0 radical (unpaired) electrons. The number of ether oxygens (including phenoxy) is 1. The van der Waals surface area contributed by atoms with E-state index in [4.69, 9.17) is 4.74 Å². The predicted octanol–water partition coefficient (Wildman–Crippen LogP) is 6.00. The van der Waals surface area contributed by atoms with Crippen LogP contribution in [0.3, 0.4) is 0 Å². The Morgan fingerprint density at radius 2 is 1.33 bits per heavy atom. The Labute approximate surface area is 638 Å². The number of carbonyl (C=O) groups is 12. The number of benzene rings is 2. The van der Waals surface area contributed by atoms with Gasteiger partial charge in [-0.05, 0) is 123 Å². The minimum atomic E-state index is -5.46. The second-order valence-corrected chi connectivity index (χ2v) is 30.7. The van der Waals surface area contributed by atoms with Crippen LogP contribution in [0.1, 0.15) is 131 Å². The van der Waals surface area contributed by atoms with Crippen LogP contribution in [0.25, 0.3) is 0 Å². The molecule has 4 fully saturated rings. The normalized spacial score (nSPS) is 25.8. The van der Waals surface area contributed by atoms with Crippen molar-refractivity contribution in [1.29, 1.82) is 0 Å². The summed E-state index contributed by atoms with van der Waals surface area (Å²) in [6.45, 7) is 2.88. The molecule has 5 aliphatic rings. The van der Waals surface area contributed by atoms with Gasteiger partial charge in [0.15, 0.2) is 0 Å². The van der Waals surface area contributed by atoms with Crippen molar-refractivity contribution in [2.24, 2.45) is 11.8 Å². The fourth-order valence-corrected chi connectivity index (χ4v) is 15.9. The third kappa shape index (κ3) is 20.3. The maximum atomic E-state index is 15.6. The van der Waals surface area contributed by atoms with Crippen LogP contribution in [0, 0.1) is 23.5 Å². The van der Waals surface area contributed by atoms with Gasteiger partial charge in [0.05, 0.1) is 31.2 Å². The first-order valence-corrected chi connectivity index (χ1v) is 37.9. The molecule has 8 rings (SSSR count). The van der Waals surface area contributed by atoms with E-state index >= 15 is 47.1 Å². The standard InChI is InChI=1S/C76H100F8N12O13S/c1-12-44(3)63-71(106)90(7)43-61(99)91(8)54-24-15-14-18-33-95(70(54)105)58(37-45-25-28-48(29-26-45)75(79,80)81)69(104)89(6)42-59(97)85-53(30-27-46-35-51(77)62(52(78)36-46)76(82,83)84)67(102)96-41-49(109-13-2)38-56(96)66(101)87-74(31-20-32-74)73(108)94(11)64(47-21-16-17-22-47)72(107)93(10)57(68(103)88(4)5)40-60(98)92(9)55(65(100)86-63)39-50-23-19-34-110-50/h14-15,19,23,25-26,28-29,34-36,44,47,49,53-58,63-64H,12-13,16-18,20-22,24,27,30-33,37-43H2,1-11H3,(H,85,97)(H,86,100)(H,87,101)/b15-14-/t44-,49+,53-,54-,55-,56-,57-,58-,63-,64-/m0/s1. The summed E-state index contributed by atoms with van der Waals surface area (Å²) in [6.07, 6.45) is -7.69. The molecule has 3 N–H and O–H groups in total. The summed E-state index contributed by atoms with van der Waals surface area (Å²) in [4.78, 5) is 192. The Kier molecular flexibility index (Phi) is 29.0. The van der Waals surface area contributed by atoms with E-state index in [0.717, 1.165) is 65.6 Å². The lowest BCUT2D eigenvalue weighted by Crippen LogP contribution is -2.68. The first-order valence-electron chi connectivity index (χ1n) is 37.0. The Bertz CT molecular complexity index is 3870. The van der Waals surface area contributed by atoms with E-state index in [1.54, 1.807) is 50.4 Å². The van der Waals surface area contributed by atoms with Gasteiger partial charge in [-0.25, -0.2) is 8.78 Å². The zero-order valence-electron chi connectivity index (χ0n) is 63.8. The molecule has 1 aromatic heterocycles. The lowest BCUT2D eigenvalue weighted by Gasteiger charge is -2.46. The molecule has 2 saturated carbocycles. The molecule has 604 valence electrons. The Morgan fingerprint density at radius 3 is 1.90 bits per heavy atom. The van der Waals surface area contributed by atoms with Gasteiger partial charge < -0.3 is 64.8 Å². The number of amides is 12. The molecule has 110 heavy (non-hydrogen) atoms. The number of alkyl halides is 6. The zero-order chi connectivity index (χ0) is 81.2. The lowest BCUT2D eigenvalue weighted by atomic mass is 9.74. The van der Waals surface area contributed by atoms with Crippen LogP contribution >= 0.6 is 11.3 Å². The highest BCUT2D eigenvalue weighted by molar-refractivity contribution is 7.09. The first kappa shape index (κ1) is 86.5. The quantitative estimate of drug-likeness (QED) is 0.131. The molecule has 34 heteroatoms. The van der Waals surface area contributed by atoms with E-state index < -0.39 is 222 Å². The Hall–Kier alpha value is -9.08. The number of rotatable bonds is 13. The van der Waals surface area contributed by atoms with Crippen molar-refractivity contribution in [2.75, 3.05) is 89.2 Å². The largest absolute Gasteiger partial charge is 0.422 e. The SMILES string of the molecule is CCO[C@@H]1C[C@H]2C(=O)NC3(CCC3)C(=O)N(C)[C@@H](C3CCCC3)C(=O)N(C)[C@H](C(=O)N(C)C)CC(=O)N(C)[C@@H](Cc3cccs3)C(=O)N[C@@H]([C@@H](C)CC)C(=O)N(C)CC(=O)N(C)[C@H]3C/C=C\CCN(C3=O)[C@@H](Cc3ccc(C(F)(F)F)cc3)C(=O)N(C)CC(=O)N[C@@H](CCc3cc(F)c(C(F)(F)F)c(F)c3)C(=O)N2C1. The van der Waals surface area contributed by atoms with E-state index in [9.17, 15) is 45.5 Å². The van der Waals surface area contributed by atoms with Crippen LogP contribution < -0.4 is 16.0 Å². The Balaban J connectivity index is 1.23. The molecular formula is C76H100F8N12O13S. The summed E-state index contributed by atoms with van der Waals surface area (Å²) in [7, 11) is 10.6. The highest BCUT2D eigenvalue weighted by atomic mass is 32.1. The minimum absolute atomic E-state index is 0.0290. The second kappa shape index (κ2) is 36.8. The third-order valence-corrected chi connectivity index (χ3v) is 22.9. The summed E-state index contributed by atoms with van der Waals surface area (Å²) in [5.74, 6) is -15.3. The van der Waals surface area contributed by atoms with Crippen LogP contribution in [0.2, 0.25) is 0 Å². The van der Waals surface area contributed by atoms with Crippen molar-refractivity contribution in [1.82, 2.24) is 60.0 Å². The van der Waals surface area contributed by atoms with Crippen LogP contribution in [-0.2, 0) is 93.9 Å². The molecule has 25 nitrogen and oxygen atoms in total. The number of hydrogen-bond acceptors (Lipinski definition) is 14. The van der Waals surface area contributed by atoms with Crippen molar-refractivity contribution in [2.45, 2.75) is 196 Å². The monoisotopic (exact) mass is 1570 g/mol. The van der Waals surface area contributed by atoms with Gasteiger partial charge in [-0.15, -0.1) is 11.3 Å². The summed E-state index contributed by atoms with van der Waals surface area (Å²) in [6, 6.07) is -4.01. The molecule has 1 spiro atoms. The number of halogens is 8. The molecule has 2 aliphatic carbocycles. The number of carbonyl (C=O) groups excluding carboxylic acids is 12. The smallest absolute Gasteiger partial charge is 0.377 e. The van der Waals surface area contributed by atoms with Crippen LogP contribution in [0.5, 0.6) is 0 Å². The van der Waals surface area contributed by atoms with Crippen molar-refractivity contribution in [3.63, 3.8) is 0 Å². The summed E-state index contributed by atoms with van der Waals surface area (Å²) >= 11 is 1.28. The zero-order valence-corrected chi connectivity index (χ0v) is 64.6. The van der Waals surface area contributed by atoms with E-state index in [-0.39, 0.29) is 63.8 Å². The lowest BCUT2D eigenvalue weighted by molar-refractivity contribution is -0.157. The maximum Gasteiger partial charge on any atom is 0.422 e. The topological polar surface area (TPSA) is 279 Å². The number of hydrogen-bond donors (Lipinski definition) is 3. The average molecular weight is 1570 g/mol. The highest BCUT2D eigenvalue weighted by Crippen LogP contribution is 2.40. The van der Waals surface area contributed by atoms with E-state index in [1.807, 2.05) is 0 Å². The summed E-state index contributed by atoms with van der Waals surface area (Å²) in [5, 5.41) is 10.0. The van der Waals surface area contributed by atoms with Gasteiger partial charge in [-0.1, -0.05) is 63.5 Å². The van der Waals surface area contributed by atoms with Gasteiger partial charge in [0.1, 0.15) is 71.1 Å². The van der Waals surface area contributed by atoms with E-state index in [2.05, 4.69) is 16.0 Å². The van der Waals surface area contributed by atoms with Gasteiger partial charge in [-0.3, -0.25) is 57.5 Å². The fraction of sp³-hybridized carbons (Fsp3) is 0.605. The first-order chi connectivity index (χ1) is 51.7. The minimum Gasteiger partial charge on any atom is -0.377 e. The summed E-state index contributed by atoms with van der Waals surface area (Å²) < 4.78 is 120. The molecule has 2 aromatic carbocycles. The molecule has 10 atom stereocenters. The van der Waals surface area contributed by atoms with Gasteiger partial charge in [-0.2, -0.15) is 26.3 Å². The third-order valence-electron chi connectivity index (χ3n) is 22.0. The second-order valence-electron chi connectivity index (χ2n) is 29.7. The molecule has 3 aromatic rings. The van der Waals surface area contributed by atoms with Gasteiger partial charge in [0, 0.05) is 100 Å². The van der Waals surface area contributed by atoms with Crippen LogP contribution in [0.15, 0.2) is 66.1 Å². The molecule has 4 heterocycles. The predicted molar refractivity (Wildman–Crippen MR) is 387 cm³/mol. The number of fused-ring (bicyclic) bond motifs is 3. The van der Waals surface area contributed by atoms with Crippen LogP contribution in [-0.4, -0.2) is 264 Å². The van der Waals surface area contributed by atoms with E-state index in [1.165, 1.54) is 70.5 Å². The van der Waals surface area contributed by atoms with Crippen LogP contribution in [0.4, 0.5) is 35.1 Å². The molecular weight excluding hydrogens is 1470 g/mol. The molecule has 2 bridgehead atoms. The number of aryl methyl sites for hydroxylation is 1. The molecule has 3 aliphatic heterocycles. The van der Waals surface area contributed by atoms with Crippen molar-refractivity contribution in [3.8, 4) is 0 Å². The molecule has 12 amide bonds.